The van der Waals surface area contributed by atoms with Gasteiger partial charge in [-0.25, -0.2) is 0 Å². The van der Waals surface area contributed by atoms with Gasteiger partial charge in [-0.15, -0.1) is 0 Å². The number of nitrogens with zero attached hydrogens (tertiary/aromatic N) is 3. The first-order valence-electron chi connectivity index (χ1n) is 8.59. The van der Waals surface area contributed by atoms with Gasteiger partial charge < -0.3 is 9.80 Å². The first kappa shape index (κ1) is 14.5. The van der Waals surface area contributed by atoms with Gasteiger partial charge in [-0.05, 0) is 37.8 Å². The third-order valence-corrected chi connectivity index (χ3v) is 5.19. The molecule has 120 valence electrons. The third kappa shape index (κ3) is 2.78. The second kappa shape index (κ2) is 5.84. The van der Waals surface area contributed by atoms with E-state index in [4.69, 9.17) is 0 Å². The van der Waals surface area contributed by atoms with Gasteiger partial charge in [0.15, 0.2) is 0 Å². The molecule has 0 bridgehead atoms. The van der Waals surface area contributed by atoms with Gasteiger partial charge in [0.25, 0.3) is 0 Å². The molecule has 4 nitrogen and oxygen atoms in total. The predicted octanol–water partition coefficient (Wildman–Crippen LogP) is 3.07. The summed E-state index contributed by atoms with van der Waals surface area (Å²) in [5, 5.41) is 1.20. The zero-order chi connectivity index (χ0) is 15.8. The van der Waals surface area contributed by atoms with Gasteiger partial charge in [0.05, 0.1) is 5.52 Å². The first-order valence-corrected chi connectivity index (χ1v) is 8.59. The summed E-state index contributed by atoms with van der Waals surface area (Å²) in [7, 11) is 1.99. The second-order valence-corrected chi connectivity index (χ2v) is 6.81. The lowest BCUT2D eigenvalue weighted by atomic mass is 10.0. The van der Waals surface area contributed by atoms with E-state index in [1.165, 1.54) is 11.1 Å². The van der Waals surface area contributed by atoms with Crippen LogP contribution in [0.2, 0.25) is 0 Å². The van der Waals surface area contributed by atoms with Crippen molar-refractivity contribution >= 4 is 22.5 Å². The minimum Gasteiger partial charge on any atom is -0.369 e. The summed E-state index contributed by atoms with van der Waals surface area (Å²) in [6.45, 7) is 1.97. The Morgan fingerprint density at radius 3 is 2.87 bits per heavy atom. The van der Waals surface area contributed by atoms with Crippen molar-refractivity contribution in [2.45, 2.75) is 31.7 Å². The first-order chi connectivity index (χ1) is 11.2. The molecule has 1 atom stereocenters. The quantitative estimate of drug-likeness (QED) is 0.874. The Hall–Kier alpha value is -2.10. The molecule has 0 spiro atoms. The maximum Gasteiger partial charge on any atom is 0.225 e. The Morgan fingerprint density at radius 1 is 1.22 bits per heavy atom. The molecule has 4 rings (SSSR count). The number of likely N-dealkylation sites (N-methyl/N-ethyl adjacent to an activating group) is 1. The molecule has 1 unspecified atom stereocenters. The molecule has 1 saturated carbocycles. The van der Waals surface area contributed by atoms with E-state index in [-0.39, 0.29) is 0 Å². The van der Waals surface area contributed by atoms with Crippen LogP contribution in [-0.2, 0) is 4.79 Å². The Morgan fingerprint density at radius 2 is 2.04 bits per heavy atom. The van der Waals surface area contributed by atoms with Crippen molar-refractivity contribution < 1.29 is 4.79 Å². The van der Waals surface area contributed by atoms with Crippen molar-refractivity contribution in [3.05, 3.63) is 36.5 Å². The number of hydrogen-bond donors (Lipinski definition) is 0. The van der Waals surface area contributed by atoms with Crippen LogP contribution in [0.1, 0.15) is 25.7 Å². The summed E-state index contributed by atoms with van der Waals surface area (Å²) in [4.78, 5) is 21.2. The minimum atomic E-state index is 0.303. The molecular weight excluding hydrogens is 286 g/mol. The average molecular weight is 309 g/mol. The molecule has 1 saturated heterocycles. The van der Waals surface area contributed by atoms with Gasteiger partial charge in [-0.2, -0.15) is 0 Å². The van der Waals surface area contributed by atoms with E-state index in [0.717, 1.165) is 44.3 Å². The van der Waals surface area contributed by atoms with E-state index in [2.05, 4.69) is 34.1 Å². The topological polar surface area (TPSA) is 36.4 Å². The summed E-state index contributed by atoms with van der Waals surface area (Å²) in [5.41, 5.74) is 2.28. The van der Waals surface area contributed by atoms with E-state index in [9.17, 15) is 4.79 Å². The number of carbonyl (C=O) groups excluding carboxylic acids is 1. The molecule has 1 amide bonds. The van der Waals surface area contributed by atoms with Crippen LogP contribution < -0.4 is 4.90 Å². The van der Waals surface area contributed by atoms with Crippen molar-refractivity contribution in [3.8, 4) is 0 Å². The molecule has 1 aliphatic heterocycles. The maximum absolute atomic E-state index is 12.4. The molecule has 1 aromatic heterocycles. The SMILES string of the molecule is CN(C(=O)C1CC1)C1CCCN(c2ccnc3ccccc23)C1. The summed E-state index contributed by atoms with van der Waals surface area (Å²) in [6.07, 6.45) is 6.28. The molecule has 1 aliphatic carbocycles. The average Bonchev–Trinajstić information content (AvgIpc) is 3.45. The van der Waals surface area contributed by atoms with Crippen LogP contribution >= 0.6 is 0 Å². The molecule has 0 radical (unpaired) electrons. The highest BCUT2D eigenvalue weighted by Crippen LogP contribution is 2.33. The largest absolute Gasteiger partial charge is 0.369 e. The molecule has 2 heterocycles. The Balaban J connectivity index is 1.57. The lowest BCUT2D eigenvalue weighted by Crippen LogP contribution is -2.49. The van der Waals surface area contributed by atoms with E-state index < -0.39 is 0 Å². The monoisotopic (exact) mass is 309 g/mol. The van der Waals surface area contributed by atoms with E-state index in [1.807, 2.05) is 24.2 Å². The number of para-hydroxylation sites is 1. The van der Waals surface area contributed by atoms with Gasteiger partial charge in [0.1, 0.15) is 0 Å². The highest BCUT2D eigenvalue weighted by Gasteiger charge is 2.35. The van der Waals surface area contributed by atoms with Crippen molar-refractivity contribution in [2.75, 3.05) is 25.0 Å². The van der Waals surface area contributed by atoms with E-state index in [1.54, 1.807) is 0 Å². The number of hydrogen-bond acceptors (Lipinski definition) is 3. The lowest BCUT2D eigenvalue weighted by Gasteiger charge is -2.39. The third-order valence-electron chi connectivity index (χ3n) is 5.19. The predicted molar refractivity (Wildman–Crippen MR) is 92.5 cm³/mol. The fourth-order valence-electron chi connectivity index (χ4n) is 3.64. The number of pyridine rings is 1. The van der Waals surface area contributed by atoms with Crippen molar-refractivity contribution in [1.29, 1.82) is 0 Å². The number of anilines is 1. The number of piperidine rings is 1. The summed E-state index contributed by atoms with van der Waals surface area (Å²) in [6, 6.07) is 10.7. The molecule has 2 fully saturated rings. The van der Waals surface area contributed by atoms with Crippen LogP contribution in [-0.4, -0.2) is 42.0 Å². The van der Waals surface area contributed by atoms with Crippen molar-refractivity contribution in [1.82, 2.24) is 9.88 Å². The number of amides is 1. The molecule has 1 aromatic carbocycles. The molecule has 2 aliphatic rings. The van der Waals surface area contributed by atoms with Crippen molar-refractivity contribution in [2.24, 2.45) is 5.92 Å². The zero-order valence-corrected chi connectivity index (χ0v) is 13.6. The van der Waals surface area contributed by atoms with Gasteiger partial charge in [-0.3, -0.25) is 9.78 Å². The van der Waals surface area contributed by atoms with Gasteiger partial charge >= 0.3 is 0 Å². The smallest absolute Gasteiger partial charge is 0.225 e. The van der Waals surface area contributed by atoms with Crippen LogP contribution in [0.15, 0.2) is 36.5 Å². The lowest BCUT2D eigenvalue weighted by molar-refractivity contribution is -0.133. The van der Waals surface area contributed by atoms with Crippen LogP contribution in [0.25, 0.3) is 10.9 Å². The molecule has 0 N–H and O–H groups in total. The standard InChI is InChI=1S/C19H23N3O/c1-21(19(23)14-8-9-14)15-5-4-12-22(13-15)18-10-11-20-17-7-3-2-6-16(17)18/h2-3,6-7,10-11,14-15H,4-5,8-9,12-13H2,1H3. The van der Waals surface area contributed by atoms with Crippen molar-refractivity contribution in [3.63, 3.8) is 0 Å². The number of aromatic nitrogens is 1. The van der Waals surface area contributed by atoms with Crippen LogP contribution in [0, 0.1) is 5.92 Å². The summed E-state index contributed by atoms with van der Waals surface area (Å²) < 4.78 is 0. The second-order valence-electron chi connectivity index (χ2n) is 6.81. The molecule has 23 heavy (non-hydrogen) atoms. The van der Waals surface area contributed by atoms with E-state index in [0.29, 0.717) is 17.9 Å². The Labute approximate surface area is 137 Å². The van der Waals surface area contributed by atoms with Gasteiger partial charge in [0, 0.05) is 49.4 Å². The maximum atomic E-state index is 12.4. The molecular formula is C19H23N3O. The highest BCUT2D eigenvalue weighted by molar-refractivity contribution is 5.91. The summed E-state index contributed by atoms with van der Waals surface area (Å²) >= 11 is 0. The Bertz CT molecular complexity index is 720. The number of benzene rings is 1. The van der Waals surface area contributed by atoms with Gasteiger partial charge in [0.2, 0.25) is 5.91 Å². The number of fused-ring (bicyclic) bond motifs is 1. The number of carbonyl (C=O) groups is 1. The van der Waals surface area contributed by atoms with Crippen LogP contribution in [0.3, 0.4) is 0 Å². The molecule has 2 aromatic rings. The summed E-state index contributed by atoms with van der Waals surface area (Å²) in [5.74, 6) is 0.647. The van der Waals surface area contributed by atoms with Crippen LogP contribution in [0.5, 0.6) is 0 Å². The normalized spacial score (nSPS) is 21.4. The zero-order valence-electron chi connectivity index (χ0n) is 13.6. The number of rotatable bonds is 3. The highest BCUT2D eigenvalue weighted by atomic mass is 16.2. The van der Waals surface area contributed by atoms with Crippen LogP contribution in [0.4, 0.5) is 5.69 Å². The van der Waals surface area contributed by atoms with Gasteiger partial charge in [-0.1, -0.05) is 18.2 Å². The fourth-order valence-corrected chi connectivity index (χ4v) is 3.64. The molecule has 4 heteroatoms. The minimum absolute atomic E-state index is 0.303. The van der Waals surface area contributed by atoms with E-state index >= 15 is 0 Å². The fraction of sp³-hybridized carbons (Fsp3) is 0.474. The Kier molecular flexibility index (Phi) is 3.68.